The molecular weight excluding hydrogens is 236 g/mol. The summed E-state index contributed by atoms with van der Waals surface area (Å²) in [6, 6.07) is 8.67. The first-order chi connectivity index (χ1) is 8.61. The molecule has 0 saturated heterocycles. The van der Waals surface area contributed by atoms with Crippen LogP contribution >= 0.6 is 0 Å². The molecule has 2 N–H and O–H groups in total. The zero-order valence-electron chi connectivity index (χ0n) is 10.3. The van der Waals surface area contributed by atoms with Gasteiger partial charge in [-0.05, 0) is 18.6 Å². The second-order valence-electron chi connectivity index (χ2n) is 3.37. The summed E-state index contributed by atoms with van der Waals surface area (Å²) in [5, 5.41) is 16.3. The lowest BCUT2D eigenvalue weighted by Crippen LogP contribution is -2.08. The molecule has 0 fully saturated rings. The second kappa shape index (κ2) is 10.3. The first kappa shape index (κ1) is 16.1. The van der Waals surface area contributed by atoms with Gasteiger partial charge in [0.05, 0.1) is 12.2 Å². The number of hydrogen-bond acceptors (Lipinski definition) is 4. The molecule has 5 nitrogen and oxygen atoms in total. The van der Waals surface area contributed by atoms with Gasteiger partial charge in [0.25, 0.3) is 0 Å². The molecule has 0 amide bonds. The molecule has 0 bridgehead atoms. The van der Waals surface area contributed by atoms with Crippen molar-refractivity contribution in [2.24, 2.45) is 0 Å². The summed E-state index contributed by atoms with van der Waals surface area (Å²) in [5.41, 5.74) is 0.506. The molecule has 0 radical (unpaired) electrons. The summed E-state index contributed by atoms with van der Waals surface area (Å²) in [7, 11) is 0. The summed E-state index contributed by atoms with van der Waals surface area (Å²) < 4.78 is 4.69. The number of aliphatic hydroxyl groups excluding tert-OH is 1. The van der Waals surface area contributed by atoms with Gasteiger partial charge in [0.2, 0.25) is 0 Å². The van der Waals surface area contributed by atoms with Crippen molar-refractivity contribution >= 4 is 11.9 Å². The number of benzene rings is 1. The molecule has 0 spiro atoms. The average molecular weight is 254 g/mol. The average Bonchev–Trinajstić information content (AvgIpc) is 2.37. The van der Waals surface area contributed by atoms with Crippen LogP contribution in [0.2, 0.25) is 0 Å². The van der Waals surface area contributed by atoms with Gasteiger partial charge in [0.1, 0.15) is 6.61 Å². The van der Waals surface area contributed by atoms with Crippen molar-refractivity contribution in [3.63, 3.8) is 0 Å². The maximum atomic E-state index is 11.1. The molecular formula is C13H18O5. The zero-order chi connectivity index (χ0) is 13.8. The number of carbonyl (C=O) groups excluding carboxylic acids is 1. The lowest BCUT2D eigenvalue weighted by molar-refractivity contribution is -0.137. The summed E-state index contributed by atoms with van der Waals surface area (Å²) in [6.45, 7) is 1.75. The normalized spacial score (nSPS) is 9.00. The van der Waals surface area contributed by atoms with E-state index in [0.717, 1.165) is 6.42 Å². The predicted molar refractivity (Wildman–Crippen MR) is 66.4 cm³/mol. The SMILES string of the molecule is CCCC(=O)O.O=C(OCCO)c1ccccc1. The Balaban J connectivity index is 0.000000411. The summed E-state index contributed by atoms with van der Waals surface area (Å²) in [4.78, 5) is 20.7. The molecule has 100 valence electrons. The predicted octanol–water partition coefficient (Wildman–Crippen LogP) is 1.71. The highest BCUT2D eigenvalue weighted by Gasteiger charge is 2.03. The molecule has 1 aromatic rings. The number of esters is 1. The van der Waals surface area contributed by atoms with Crippen LogP contribution in [0, 0.1) is 0 Å². The Morgan fingerprint density at radius 2 is 1.83 bits per heavy atom. The van der Waals surface area contributed by atoms with Crippen LogP contribution in [-0.2, 0) is 9.53 Å². The summed E-state index contributed by atoms with van der Waals surface area (Å²) in [5.74, 6) is -1.11. The van der Waals surface area contributed by atoms with E-state index in [0.29, 0.717) is 12.0 Å². The van der Waals surface area contributed by atoms with Crippen molar-refractivity contribution in [2.45, 2.75) is 19.8 Å². The van der Waals surface area contributed by atoms with Gasteiger partial charge in [0.15, 0.2) is 0 Å². The minimum absolute atomic E-state index is 0.0493. The monoisotopic (exact) mass is 254 g/mol. The van der Waals surface area contributed by atoms with Crippen molar-refractivity contribution < 1.29 is 24.5 Å². The fraction of sp³-hybridized carbons (Fsp3) is 0.385. The molecule has 1 rings (SSSR count). The van der Waals surface area contributed by atoms with Crippen molar-refractivity contribution in [1.82, 2.24) is 0 Å². The third-order valence-corrected chi connectivity index (χ3v) is 1.80. The highest BCUT2D eigenvalue weighted by Crippen LogP contribution is 2.00. The number of carboxylic acids is 1. The maximum Gasteiger partial charge on any atom is 0.338 e. The highest BCUT2D eigenvalue weighted by atomic mass is 16.5. The molecule has 0 unspecified atom stereocenters. The van der Waals surface area contributed by atoms with E-state index < -0.39 is 11.9 Å². The van der Waals surface area contributed by atoms with E-state index in [-0.39, 0.29) is 13.2 Å². The van der Waals surface area contributed by atoms with Crippen LogP contribution in [0.1, 0.15) is 30.1 Å². The molecule has 1 aromatic carbocycles. The molecule has 5 heteroatoms. The Morgan fingerprint density at radius 3 is 2.22 bits per heavy atom. The molecule has 0 aliphatic heterocycles. The third kappa shape index (κ3) is 8.29. The van der Waals surface area contributed by atoms with Crippen molar-refractivity contribution in [3.8, 4) is 0 Å². The van der Waals surface area contributed by atoms with Gasteiger partial charge in [-0.25, -0.2) is 4.79 Å². The molecule has 0 aliphatic rings. The quantitative estimate of drug-likeness (QED) is 0.781. The molecule has 18 heavy (non-hydrogen) atoms. The van der Waals surface area contributed by atoms with Crippen molar-refractivity contribution in [1.29, 1.82) is 0 Å². The van der Waals surface area contributed by atoms with Crippen LogP contribution in [0.3, 0.4) is 0 Å². The van der Waals surface area contributed by atoms with Gasteiger partial charge in [0, 0.05) is 6.42 Å². The zero-order valence-corrected chi connectivity index (χ0v) is 10.3. The Morgan fingerprint density at radius 1 is 1.22 bits per heavy atom. The fourth-order valence-corrected chi connectivity index (χ4v) is 1.01. The molecule has 0 aliphatic carbocycles. The Hall–Kier alpha value is -1.88. The van der Waals surface area contributed by atoms with E-state index >= 15 is 0 Å². The van der Waals surface area contributed by atoms with Crippen LogP contribution < -0.4 is 0 Å². The van der Waals surface area contributed by atoms with Crippen LogP contribution in [0.15, 0.2) is 30.3 Å². The number of carbonyl (C=O) groups is 2. The third-order valence-electron chi connectivity index (χ3n) is 1.80. The molecule has 0 aromatic heterocycles. The minimum atomic E-state index is -0.711. The van der Waals surface area contributed by atoms with Gasteiger partial charge in [-0.2, -0.15) is 0 Å². The van der Waals surface area contributed by atoms with Crippen LogP contribution in [0.4, 0.5) is 0 Å². The standard InChI is InChI=1S/C9H10O3.C4H8O2/c10-6-7-12-9(11)8-4-2-1-3-5-8;1-2-3-4(5)6/h1-5,10H,6-7H2;2-3H2,1H3,(H,5,6). The van der Waals surface area contributed by atoms with E-state index in [1.165, 1.54) is 0 Å². The van der Waals surface area contributed by atoms with E-state index in [4.69, 9.17) is 10.2 Å². The molecule has 0 heterocycles. The number of hydrogen-bond donors (Lipinski definition) is 2. The summed E-state index contributed by atoms with van der Waals surface area (Å²) in [6.07, 6.45) is 1.02. The van der Waals surface area contributed by atoms with Gasteiger partial charge in [-0.3, -0.25) is 4.79 Å². The smallest absolute Gasteiger partial charge is 0.338 e. The van der Waals surface area contributed by atoms with E-state index in [1.54, 1.807) is 24.3 Å². The first-order valence-electron chi connectivity index (χ1n) is 5.66. The lowest BCUT2D eigenvalue weighted by atomic mass is 10.2. The fourth-order valence-electron chi connectivity index (χ4n) is 1.01. The largest absolute Gasteiger partial charge is 0.481 e. The summed E-state index contributed by atoms with van der Waals surface area (Å²) >= 11 is 0. The number of ether oxygens (including phenoxy) is 1. The van der Waals surface area contributed by atoms with E-state index in [9.17, 15) is 9.59 Å². The molecule has 0 atom stereocenters. The second-order valence-corrected chi connectivity index (χ2v) is 3.37. The highest BCUT2D eigenvalue weighted by molar-refractivity contribution is 5.89. The van der Waals surface area contributed by atoms with Crippen LogP contribution in [0.5, 0.6) is 0 Å². The van der Waals surface area contributed by atoms with Gasteiger partial charge in [-0.15, -0.1) is 0 Å². The Kier molecular flexibility index (Phi) is 9.21. The minimum Gasteiger partial charge on any atom is -0.481 e. The number of aliphatic carboxylic acids is 1. The first-order valence-corrected chi connectivity index (χ1v) is 5.66. The van der Waals surface area contributed by atoms with Crippen molar-refractivity contribution in [3.05, 3.63) is 35.9 Å². The van der Waals surface area contributed by atoms with Gasteiger partial charge < -0.3 is 14.9 Å². The number of aliphatic hydroxyl groups is 1. The Bertz CT molecular complexity index is 348. The van der Waals surface area contributed by atoms with Crippen molar-refractivity contribution in [2.75, 3.05) is 13.2 Å². The topological polar surface area (TPSA) is 83.8 Å². The van der Waals surface area contributed by atoms with Crippen LogP contribution in [-0.4, -0.2) is 35.4 Å². The van der Waals surface area contributed by atoms with Gasteiger partial charge in [-0.1, -0.05) is 25.1 Å². The number of rotatable bonds is 5. The van der Waals surface area contributed by atoms with Crippen LogP contribution in [0.25, 0.3) is 0 Å². The van der Waals surface area contributed by atoms with E-state index in [1.807, 2.05) is 13.0 Å². The molecule has 0 saturated carbocycles. The van der Waals surface area contributed by atoms with Gasteiger partial charge >= 0.3 is 11.9 Å². The van der Waals surface area contributed by atoms with E-state index in [2.05, 4.69) is 4.74 Å². The Labute approximate surface area is 106 Å². The maximum absolute atomic E-state index is 11.1. The lowest BCUT2D eigenvalue weighted by Gasteiger charge is -2.00. The number of carboxylic acid groups (broad SMARTS) is 1.